The predicted octanol–water partition coefficient (Wildman–Crippen LogP) is 5.19. The number of aryl methyl sites for hydroxylation is 1. The van der Waals surface area contributed by atoms with Crippen molar-refractivity contribution in [3.63, 3.8) is 0 Å². The average molecular weight is 304 g/mol. The molecule has 0 saturated heterocycles. The van der Waals surface area contributed by atoms with Gasteiger partial charge in [0.05, 0.1) is 20.6 Å². The number of anilines is 1. The minimum absolute atomic E-state index is 0.453. The van der Waals surface area contributed by atoms with E-state index in [1.165, 1.54) is 0 Å². The highest BCUT2D eigenvalue weighted by Gasteiger charge is 2.13. The van der Waals surface area contributed by atoms with E-state index in [1.54, 1.807) is 6.07 Å². The van der Waals surface area contributed by atoms with Crippen LogP contribution in [0.2, 0.25) is 15.1 Å². The van der Waals surface area contributed by atoms with E-state index in [-0.39, 0.29) is 0 Å². The van der Waals surface area contributed by atoms with Crippen LogP contribution in [-0.4, -0.2) is 11.5 Å². The van der Waals surface area contributed by atoms with E-state index >= 15 is 0 Å². The van der Waals surface area contributed by atoms with Crippen molar-refractivity contribution < 1.29 is 0 Å². The molecule has 18 heavy (non-hydrogen) atoms. The molecule has 2 aromatic rings. The summed E-state index contributed by atoms with van der Waals surface area (Å²) in [6.45, 7) is 4.91. The third kappa shape index (κ3) is 2.37. The minimum atomic E-state index is 0.453. The molecule has 2 nitrogen and oxygen atoms in total. The summed E-state index contributed by atoms with van der Waals surface area (Å²) in [4.78, 5) is 4.55. The smallest absolute Gasteiger partial charge is 0.129 e. The first-order chi connectivity index (χ1) is 8.58. The summed E-state index contributed by atoms with van der Waals surface area (Å²) >= 11 is 18.4. The van der Waals surface area contributed by atoms with Gasteiger partial charge in [-0.05, 0) is 31.0 Å². The van der Waals surface area contributed by atoms with Gasteiger partial charge in [-0.1, -0.05) is 41.7 Å². The zero-order chi connectivity index (χ0) is 13.3. The van der Waals surface area contributed by atoms with E-state index in [0.29, 0.717) is 20.6 Å². The Bertz CT molecular complexity index is 597. The second-order valence-corrected chi connectivity index (χ2v) is 5.12. The molecule has 0 unspecified atom stereocenters. The fourth-order valence-corrected chi connectivity index (χ4v) is 2.58. The average Bonchev–Trinajstić information content (AvgIpc) is 2.36. The van der Waals surface area contributed by atoms with Gasteiger partial charge in [0.2, 0.25) is 0 Å². The lowest BCUT2D eigenvalue weighted by Gasteiger charge is -2.12. The number of rotatable bonds is 3. The molecule has 0 spiro atoms. The Kier molecular flexibility index (Phi) is 4.21. The van der Waals surface area contributed by atoms with Crippen molar-refractivity contribution in [2.24, 2.45) is 0 Å². The van der Waals surface area contributed by atoms with Crippen LogP contribution in [0.25, 0.3) is 10.9 Å². The van der Waals surface area contributed by atoms with Crippen molar-refractivity contribution >= 4 is 51.5 Å². The molecule has 0 amide bonds. The van der Waals surface area contributed by atoms with Gasteiger partial charge in [-0.15, -0.1) is 0 Å². The fraction of sp³-hybridized carbons (Fsp3) is 0.308. The zero-order valence-corrected chi connectivity index (χ0v) is 12.4. The van der Waals surface area contributed by atoms with Crippen LogP contribution in [0.4, 0.5) is 5.82 Å². The maximum absolute atomic E-state index is 6.21. The summed E-state index contributed by atoms with van der Waals surface area (Å²) in [6, 6.07) is 3.63. The molecule has 0 fully saturated rings. The Morgan fingerprint density at radius 1 is 1.11 bits per heavy atom. The topological polar surface area (TPSA) is 24.9 Å². The van der Waals surface area contributed by atoms with Crippen LogP contribution in [0, 0.1) is 0 Å². The molecule has 5 heteroatoms. The number of nitrogens with one attached hydrogen (secondary N) is 1. The van der Waals surface area contributed by atoms with E-state index in [4.69, 9.17) is 34.8 Å². The summed E-state index contributed by atoms with van der Waals surface area (Å²) in [5.74, 6) is 0.854. The summed E-state index contributed by atoms with van der Waals surface area (Å²) in [5, 5.41) is 5.50. The molecule has 0 aliphatic rings. The molecule has 0 bridgehead atoms. The number of hydrogen-bond donors (Lipinski definition) is 1. The van der Waals surface area contributed by atoms with Crippen LogP contribution < -0.4 is 5.32 Å². The third-order valence-electron chi connectivity index (χ3n) is 2.75. The summed E-state index contributed by atoms with van der Waals surface area (Å²) in [5.41, 5.74) is 1.78. The standard InChI is InChI=1S/C13H13Cl3N2/c1-3-7-5-8-11(16)9(14)6-10(15)12(8)18-13(7)17-4-2/h5-6H,3-4H2,1-2H3,(H,17,18). The molecular weight excluding hydrogens is 291 g/mol. The highest BCUT2D eigenvalue weighted by molar-refractivity contribution is 6.47. The Morgan fingerprint density at radius 3 is 2.44 bits per heavy atom. The summed E-state index contributed by atoms with van der Waals surface area (Å²) < 4.78 is 0. The van der Waals surface area contributed by atoms with E-state index in [0.717, 1.165) is 29.7 Å². The predicted molar refractivity (Wildman–Crippen MR) is 80.3 cm³/mol. The van der Waals surface area contributed by atoms with E-state index in [9.17, 15) is 0 Å². The maximum Gasteiger partial charge on any atom is 0.129 e. The van der Waals surface area contributed by atoms with Crippen molar-refractivity contribution in [1.29, 1.82) is 0 Å². The molecule has 1 N–H and O–H groups in total. The van der Waals surface area contributed by atoms with Gasteiger partial charge in [-0.3, -0.25) is 0 Å². The van der Waals surface area contributed by atoms with Gasteiger partial charge < -0.3 is 5.32 Å². The first kappa shape index (κ1) is 13.7. The Morgan fingerprint density at radius 2 is 1.83 bits per heavy atom. The van der Waals surface area contributed by atoms with Crippen molar-refractivity contribution in [2.45, 2.75) is 20.3 Å². The van der Waals surface area contributed by atoms with E-state index < -0.39 is 0 Å². The summed E-state index contributed by atoms with van der Waals surface area (Å²) in [6.07, 6.45) is 0.867. The lowest BCUT2D eigenvalue weighted by atomic mass is 10.1. The molecule has 0 atom stereocenters. The number of nitrogens with zero attached hydrogens (tertiary/aromatic N) is 1. The lowest BCUT2D eigenvalue weighted by Crippen LogP contribution is -2.03. The second-order valence-electron chi connectivity index (χ2n) is 3.93. The highest BCUT2D eigenvalue weighted by atomic mass is 35.5. The van der Waals surface area contributed by atoms with E-state index in [2.05, 4.69) is 17.2 Å². The number of halogens is 3. The number of pyridine rings is 1. The Hall–Kier alpha value is -0.700. The first-order valence-corrected chi connectivity index (χ1v) is 6.92. The monoisotopic (exact) mass is 302 g/mol. The Labute approximate surface area is 121 Å². The fourth-order valence-electron chi connectivity index (χ4n) is 1.87. The van der Waals surface area contributed by atoms with Crippen LogP contribution in [0.15, 0.2) is 12.1 Å². The maximum atomic E-state index is 6.21. The molecular formula is C13H13Cl3N2. The number of benzene rings is 1. The highest BCUT2D eigenvalue weighted by Crippen LogP contribution is 2.36. The van der Waals surface area contributed by atoms with Gasteiger partial charge in [0.15, 0.2) is 0 Å². The zero-order valence-electron chi connectivity index (χ0n) is 10.2. The van der Waals surface area contributed by atoms with Gasteiger partial charge in [-0.25, -0.2) is 4.98 Å². The molecule has 0 radical (unpaired) electrons. The summed E-state index contributed by atoms with van der Waals surface area (Å²) in [7, 11) is 0. The number of hydrogen-bond acceptors (Lipinski definition) is 2. The van der Waals surface area contributed by atoms with Crippen molar-refractivity contribution in [3.8, 4) is 0 Å². The molecule has 1 aromatic carbocycles. The molecule has 0 aliphatic carbocycles. The number of fused-ring (bicyclic) bond motifs is 1. The van der Waals surface area contributed by atoms with Gasteiger partial charge in [0.25, 0.3) is 0 Å². The van der Waals surface area contributed by atoms with Gasteiger partial charge in [0.1, 0.15) is 5.82 Å². The first-order valence-electron chi connectivity index (χ1n) is 5.79. The van der Waals surface area contributed by atoms with Crippen molar-refractivity contribution in [2.75, 3.05) is 11.9 Å². The minimum Gasteiger partial charge on any atom is -0.370 e. The third-order valence-corrected chi connectivity index (χ3v) is 3.84. The normalized spacial score (nSPS) is 10.9. The van der Waals surface area contributed by atoms with Crippen LogP contribution >= 0.6 is 34.8 Å². The Balaban J connectivity index is 2.78. The quantitative estimate of drug-likeness (QED) is 0.789. The van der Waals surface area contributed by atoms with E-state index in [1.807, 2.05) is 13.0 Å². The molecule has 1 heterocycles. The van der Waals surface area contributed by atoms with Crippen LogP contribution in [0.3, 0.4) is 0 Å². The SMILES string of the molecule is CCNc1nc2c(Cl)cc(Cl)c(Cl)c2cc1CC. The molecule has 0 saturated carbocycles. The van der Waals surface area contributed by atoms with Crippen LogP contribution in [0.5, 0.6) is 0 Å². The van der Waals surface area contributed by atoms with Crippen LogP contribution in [0.1, 0.15) is 19.4 Å². The van der Waals surface area contributed by atoms with Gasteiger partial charge >= 0.3 is 0 Å². The molecule has 2 rings (SSSR count). The largest absolute Gasteiger partial charge is 0.370 e. The van der Waals surface area contributed by atoms with Crippen molar-refractivity contribution in [3.05, 3.63) is 32.8 Å². The molecule has 0 aliphatic heterocycles. The van der Waals surface area contributed by atoms with Crippen molar-refractivity contribution in [1.82, 2.24) is 4.98 Å². The molecule has 96 valence electrons. The van der Waals surface area contributed by atoms with Crippen LogP contribution in [-0.2, 0) is 6.42 Å². The van der Waals surface area contributed by atoms with Gasteiger partial charge in [-0.2, -0.15) is 0 Å². The lowest BCUT2D eigenvalue weighted by molar-refractivity contribution is 1.09. The van der Waals surface area contributed by atoms with Gasteiger partial charge in [0, 0.05) is 11.9 Å². The molecule has 1 aromatic heterocycles. The number of aromatic nitrogens is 1. The second kappa shape index (κ2) is 5.52.